The highest BCUT2D eigenvalue weighted by Crippen LogP contribution is 2.47. The van der Waals surface area contributed by atoms with E-state index in [1.54, 1.807) is 30.6 Å². The minimum absolute atomic E-state index is 0.111. The maximum absolute atomic E-state index is 12.5. The molecule has 0 aliphatic carbocycles. The average Bonchev–Trinajstić information content (AvgIpc) is 3.09. The van der Waals surface area contributed by atoms with Gasteiger partial charge in [-0.15, -0.1) is 0 Å². The van der Waals surface area contributed by atoms with Gasteiger partial charge >= 0.3 is 0 Å². The van der Waals surface area contributed by atoms with Crippen LogP contribution in [0.15, 0.2) is 42.7 Å². The van der Waals surface area contributed by atoms with Crippen LogP contribution in [0.1, 0.15) is 29.9 Å². The van der Waals surface area contributed by atoms with Crippen molar-refractivity contribution in [1.82, 2.24) is 10.3 Å². The van der Waals surface area contributed by atoms with Gasteiger partial charge in [-0.05, 0) is 42.3 Å². The van der Waals surface area contributed by atoms with Crippen molar-refractivity contribution in [2.24, 2.45) is 0 Å². The predicted molar refractivity (Wildman–Crippen MR) is 113 cm³/mol. The number of nitrogens with one attached hydrogen (secondary N) is 2. The second-order valence-electron chi connectivity index (χ2n) is 7.87. The molecule has 166 valence electrons. The van der Waals surface area contributed by atoms with E-state index < -0.39 is 22.2 Å². The molecule has 2 aliphatic rings. The van der Waals surface area contributed by atoms with Crippen molar-refractivity contribution in [3.8, 4) is 5.75 Å². The summed E-state index contributed by atoms with van der Waals surface area (Å²) in [6, 6.07) is 8.76. The molecule has 2 aromatic rings. The molecule has 3 N–H and O–H groups in total. The molecule has 1 amide bonds. The fraction of sp³-hybridized carbons (Fsp3) is 0.429. The van der Waals surface area contributed by atoms with Gasteiger partial charge in [0.05, 0.1) is 25.4 Å². The summed E-state index contributed by atoms with van der Waals surface area (Å²) < 4.78 is 37.6. The number of anilines is 1. The summed E-state index contributed by atoms with van der Waals surface area (Å²) in [5.74, 6) is 0.377. The third-order valence-corrected chi connectivity index (χ3v) is 6.06. The lowest BCUT2D eigenvalue weighted by atomic mass is 9.84. The van der Waals surface area contributed by atoms with Crippen LogP contribution >= 0.6 is 0 Å². The standard InChI is InChI=1S/C21H25N3O6S/c1-31(27,28)24-14-2-3-18-16(8-14)17-9-15(29-19(12-25)21(17)30-18)10-20(26)23-11-13-4-6-22-7-5-13/h2-8,15,17,19,21,24-25H,9-12H2,1H3,(H,23,26)/t15-,17-,19-,21+/m0/s1. The Kier molecular flexibility index (Phi) is 6.12. The number of fused-ring (bicyclic) bond motifs is 3. The number of aliphatic hydroxyl groups excluding tert-OH is 1. The summed E-state index contributed by atoms with van der Waals surface area (Å²) in [7, 11) is -3.41. The van der Waals surface area contributed by atoms with Gasteiger partial charge in [0, 0.05) is 36.1 Å². The van der Waals surface area contributed by atoms with Gasteiger partial charge in [-0.3, -0.25) is 14.5 Å². The van der Waals surface area contributed by atoms with Gasteiger partial charge in [-0.2, -0.15) is 0 Å². The molecular weight excluding hydrogens is 422 g/mol. The molecule has 4 atom stereocenters. The molecule has 3 heterocycles. The normalized spacial score (nSPS) is 24.6. The van der Waals surface area contributed by atoms with Crippen LogP contribution < -0.4 is 14.8 Å². The summed E-state index contributed by atoms with van der Waals surface area (Å²) in [4.78, 5) is 16.4. The van der Waals surface area contributed by atoms with Crippen LogP contribution in [-0.2, 0) is 26.1 Å². The molecule has 31 heavy (non-hydrogen) atoms. The number of hydrogen-bond donors (Lipinski definition) is 3. The maximum Gasteiger partial charge on any atom is 0.229 e. The number of carbonyl (C=O) groups excluding carboxylic acids is 1. The Balaban J connectivity index is 1.45. The lowest BCUT2D eigenvalue weighted by molar-refractivity contribution is -0.142. The molecule has 0 radical (unpaired) electrons. The fourth-order valence-electron chi connectivity index (χ4n) is 4.15. The zero-order valence-electron chi connectivity index (χ0n) is 17.0. The van der Waals surface area contributed by atoms with Gasteiger partial charge in [-0.25, -0.2) is 8.42 Å². The predicted octanol–water partition coefficient (Wildman–Crippen LogP) is 1.15. The number of rotatable bonds is 7. The Morgan fingerprint density at radius 3 is 2.74 bits per heavy atom. The molecule has 4 rings (SSSR count). The molecule has 0 bridgehead atoms. The molecule has 1 aromatic carbocycles. The van der Waals surface area contributed by atoms with E-state index in [0.29, 0.717) is 24.4 Å². The number of carbonyl (C=O) groups is 1. The first-order chi connectivity index (χ1) is 14.8. The highest BCUT2D eigenvalue weighted by Gasteiger charge is 2.46. The highest BCUT2D eigenvalue weighted by atomic mass is 32.2. The van der Waals surface area contributed by atoms with Crippen molar-refractivity contribution >= 4 is 21.6 Å². The fourth-order valence-corrected chi connectivity index (χ4v) is 4.70. The highest BCUT2D eigenvalue weighted by molar-refractivity contribution is 7.92. The van der Waals surface area contributed by atoms with Crippen LogP contribution in [0.25, 0.3) is 0 Å². The first-order valence-electron chi connectivity index (χ1n) is 10.0. The van der Waals surface area contributed by atoms with Crippen LogP contribution in [-0.4, -0.2) is 55.6 Å². The van der Waals surface area contributed by atoms with Crippen LogP contribution in [0.5, 0.6) is 5.75 Å². The first kappa shape index (κ1) is 21.5. The van der Waals surface area contributed by atoms with E-state index in [-0.39, 0.29) is 31.0 Å². The van der Waals surface area contributed by atoms with Gasteiger partial charge in [0.15, 0.2) is 0 Å². The third kappa shape index (κ3) is 5.15. The smallest absolute Gasteiger partial charge is 0.229 e. The van der Waals surface area contributed by atoms with Crippen molar-refractivity contribution in [3.63, 3.8) is 0 Å². The number of nitrogens with zero attached hydrogens (tertiary/aromatic N) is 1. The molecule has 1 saturated heterocycles. The Bertz CT molecular complexity index is 1050. The topological polar surface area (TPSA) is 127 Å². The number of hydrogen-bond acceptors (Lipinski definition) is 7. The minimum atomic E-state index is -3.41. The summed E-state index contributed by atoms with van der Waals surface area (Å²) in [5, 5.41) is 12.7. The molecule has 9 nitrogen and oxygen atoms in total. The first-order valence-corrected chi connectivity index (χ1v) is 11.9. The van der Waals surface area contributed by atoms with Crippen molar-refractivity contribution in [2.45, 2.75) is 43.6 Å². The molecule has 0 unspecified atom stereocenters. The molecule has 2 aliphatic heterocycles. The Hall–Kier alpha value is -2.69. The van der Waals surface area contributed by atoms with Crippen molar-refractivity contribution in [2.75, 3.05) is 17.6 Å². The maximum atomic E-state index is 12.5. The van der Waals surface area contributed by atoms with Crippen molar-refractivity contribution < 1.29 is 27.8 Å². The van der Waals surface area contributed by atoms with Gasteiger partial charge in [0.25, 0.3) is 0 Å². The van der Waals surface area contributed by atoms with Gasteiger partial charge in [0.1, 0.15) is 18.0 Å². The summed E-state index contributed by atoms with van der Waals surface area (Å²) >= 11 is 0. The number of aromatic nitrogens is 1. The zero-order chi connectivity index (χ0) is 22.0. The van der Waals surface area contributed by atoms with Crippen LogP contribution in [0.2, 0.25) is 0 Å². The number of pyridine rings is 1. The molecule has 0 saturated carbocycles. The SMILES string of the molecule is CS(=O)(=O)Nc1ccc2c(c1)[C@@H]1C[C@@H](CC(=O)NCc3ccncc3)O[C@@H](CO)[C@@H]1O2. The molecule has 1 aromatic heterocycles. The lowest BCUT2D eigenvalue weighted by Crippen LogP contribution is -2.47. The van der Waals surface area contributed by atoms with Crippen molar-refractivity contribution in [1.29, 1.82) is 0 Å². The summed E-state index contributed by atoms with van der Waals surface area (Å²) in [5.41, 5.74) is 2.25. The van der Waals surface area contributed by atoms with Gasteiger partial charge in [-0.1, -0.05) is 0 Å². The van der Waals surface area contributed by atoms with E-state index in [1.807, 2.05) is 12.1 Å². The lowest BCUT2D eigenvalue weighted by Gasteiger charge is -2.37. The van der Waals surface area contributed by atoms with Gasteiger partial charge in [0.2, 0.25) is 15.9 Å². The monoisotopic (exact) mass is 447 g/mol. The summed E-state index contributed by atoms with van der Waals surface area (Å²) in [6.45, 7) is 0.161. The molecule has 1 fully saturated rings. The quantitative estimate of drug-likeness (QED) is 0.581. The van der Waals surface area contributed by atoms with E-state index in [4.69, 9.17) is 9.47 Å². The average molecular weight is 448 g/mol. The number of benzene rings is 1. The molecular formula is C21H25N3O6S. The van der Waals surface area contributed by atoms with Gasteiger partial charge < -0.3 is 19.9 Å². The van der Waals surface area contributed by atoms with Crippen molar-refractivity contribution in [3.05, 3.63) is 53.9 Å². The number of ether oxygens (including phenoxy) is 2. The second kappa shape index (κ2) is 8.81. The molecule has 0 spiro atoms. The number of amides is 1. The Morgan fingerprint density at radius 2 is 2.03 bits per heavy atom. The third-order valence-electron chi connectivity index (χ3n) is 5.45. The van der Waals surface area contributed by atoms with Crippen LogP contribution in [0, 0.1) is 0 Å². The van der Waals surface area contributed by atoms with E-state index in [2.05, 4.69) is 15.0 Å². The minimum Gasteiger partial charge on any atom is -0.487 e. The number of sulfonamides is 1. The molecule has 10 heteroatoms. The zero-order valence-corrected chi connectivity index (χ0v) is 17.8. The number of aliphatic hydroxyl groups is 1. The van der Waals surface area contributed by atoms with E-state index in [9.17, 15) is 18.3 Å². The summed E-state index contributed by atoms with van der Waals surface area (Å²) in [6.07, 6.45) is 3.76. The Morgan fingerprint density at radius 1 is 1.26 bits per heavy atom. The second-order valence-corrected chi connectivity index (χ2v) is 9.62. The Labute approximate surface area is 180 Å². The van der Waals surface area contributed by atoms with E-state index >= 15 is 0 Å². The van der Waals surface area contributed by atoms with E-state index in [0.717, 1.165) is 17.4 Å². The van der Waals surface area contributed by atoms with E-state index in [1.165, 1.54) is 0 Å². The van der Waals surface area contributed by atoms with Crippen LogP contribution in [0.3, 0.4) is 0 Å². The van der Waals surface area contributed by atoms with Crippen LogP contribution in [0.4, 0.5) is 5.69 Å². The largest absolute Gasteiger partial charge is 0.487 e.